The summed E-state index contributed by atoms with van der Waals surface area (Å²) in [7, 11) is -3.97. The summed E-state index contributed by atoms with van der Waals surface area (Å²) in [4.78, 5) is 36.4. The number of hydrogen-bond acceptors (Lipinski definition) is 8. The van der Waals surface area contributed by atoms with Crippen molar-refractivity contribution in [2.75, 3.05) is 23.3 Å². The number of sulfonamides is 1. The molecule has 1 saturated heterocycles. The Morgan fingerprint density at radius 1 is 1.09 bits per heavy atom. The minimum Gasteiger partial charge on any atom is -0.366 e. The van der Waals surface area contributed by atoms with E-state index in [9.17, 15) is 28.1 Å². The standard InChI is InChI=1S/C20H21N5O6S2/c1-13(26)23-33(30,31)16-7-5-15(6-8-16)21-20(32)22-19(27)14-4-9-17(18(12-14)25(28)29)24-10-2-3-11-24/h4-9,12H,2-3,10-11H2,1H3,(H,23,26)(H2,21,22,27,32). The lowest BCUT2D eigenvalue weighted by atomic mass is 10.1. The predicted octanol–water partition coefficient (Wildman–Crippen LogP) is 2.15. The Labute approximate surface area is 195 Å². The highest BCUT2D eigenvalue weighted by Crippen LogP contribution is 2.31. The second-order valence-corrected chi connectivity index (χ2v) is 9.34. The SMILES string of the molecule is CC(=O)NS(=O)(=O)c1ccc(NC(=S)NC(=O)c2ccc(N3CCCC3)c([N+](=O)[O-])c2)cc1. The van der Waals surface area contributed by atoms with Crippen molar-refractivity contribution in [3.8, 4) is 0 Å². The first kappa shape index (κ1) is 24.1. The van der Waals surface area contributed by atoms with Crippen molar-refractivity contribution in [2.45, 2.75) is 24.7 Å². The largest absolute Gasteiger partial charge is 0.366 e. The van der Waals surface area contributed by atoms with E-state index in [1.807, 2.05) is 9.62 Å². The van der Waals surface area contributed by atoms with E-state index in [1.54, 1.807) is 6.07 Å². The second-order valence-electron chi connectivity index (χ2n) is 7.25. The molecule has 0 radical (unpaired) electrons. The summed E-state index contributed by atoms with van der Waals surface area (Å²) >= 11 is 5.11. The van der Waals surface area contributed by atoms with Crippen LogP contribution in [0.5, 0.6) is 0 Å². The van der Waals surface area contributed by atoms with Crippen LogP contribution in [0.2, 0.25) is 0 Å². The van der Waals surface area contributed by atoms with Gasteiger partial charge in [-0.2, -0.15) is 0 Å². The summed E-state index contributed by atoms with van der Waals surface area (Å²) in [5.41, 5.74) is 0.784. The molecule has 0 unspecified atom stereocenters. The van der Waals surface area contributed by atoms with Crippen molar-refractivity contribution in [3.05, 3.63) is 58.1 Å². The zero-order valence-electron chi connectivity index (χ0n) is 17.5. The topological polar surface area (TPSA) is 151 Å². The van der Waals surface area contributed by atoms with Crippen molar-refractivity contribution >= 4 is 56.2 Å². The Bertz CT molecular complexity index is 1210. The molecule has 2 amide bonds. The highest BCUT2D eigenvalue weighted by molar-refractivity contribution is 7.90. The van der Waals surface area contributed by atoms with Crippen LogP contribution in [0.4, 0.5) is 17.1 Å². The number of nitro benzene ring substituents is 1. The maximum atomic E-state index is 12.5. The van der Waals surface area contributed by atoms with E-state index in [1.165, 1.54) is 36.4 Å². The molecule has 0 bridgehead atoms. The van der Waals surface area contributed by atoms with Gasteiger partial charge < -0.3 is 10.2 Å². The molecule has 11 nitrogen and oxygen atoms in total. The number of carbonyl (C=O) groups excluding carboxylic acids is 2. The number of hydrogen-bond donors (Lipinski definition) is 3. The number of rotatable bonds is 6. The minimum absolute atomic E-state index is 0.0746. The highest BCUT2D eigenvalue weighted by Gasteiger charge is 2.24. The van der Waals surface area contributed by atoms with Crippen molar-refractivity contribution in [1.82, 2.24) is 10.0 Å². The third-order valence-corrected chi connectivity index (χ3v) is 6.46. The molecule has 2 aromatic rings. The third kappa shape index (κ3) is 6.02. The normalized spacial score (nSPS) is 13.3. The van der Waals surface area contributed by atoms with Crippen LogP contribution in [-0.4, -0.2) is 43.4 Å². The Kier molecular flexibility index (Phi) is 7.23. The molecule has 1 aliphatic heterocycles. The molecule has 3 N–H and O–H groups in total. The summed E-state index contributed by atoms with van der Waals surface area (Å²) in [6.07, 6.45) is 1.92. The molecule has 33 heavy (non-hydrogen) atoms. The molecule has 0 atom stereocenters. The fourth-order valence-corrected chi connectivity index (χ4v) is 4.54. The van der Waals surface area contributed by atoms with Gasteiger partial charge in [-0.1, -0.05) is 0 Å². The van der Waals surface area contributed by atoms with Gasteiger partial charge in [0.25, 0.3) is 21.6 Å². The number of amides is 2. The van der Waals surface area contributed by atoms with Gasteiger partial charge >= 0.3 is 0 Å². The molecule has 13 heteroatoms. The van der Waals surface area contributed by atoms with E-state index in [0.29, 0.717) is 11.4 Å². The van der Waals surface area contributed by atoms with Crippen molar-refractivity contribution in [3.63, 3.8) is 0 Å². The Morgan fingerprint density at radius 3 is 2.30 bits per heavy atom. The van der Waals surface area contributed by atoms with Crippen molar-refractivity contribution < 1.29 is 22.9 Å². The van der Waals surface area contributed by atoms with E-state index < -0.39 is 26.8 Å². The molecule has 3 rings (SSSR count). The number of nitrogens with zero attached hydrogens (tertiary/aromatic N) is 2. The smallest absolute Gasteiger partial charge is 0.293 e. The van der Waals surface area contributed by atoms with E-state index in [4.69, 9.17) is 12.2 Å². The number of benzene rings is 2. The minimum atomic E-state index is -3.97. The molecular formula is C20H21N5O6S2. The zero-order chi connectivity index (χ0) is 24.2. The molecule has 0 aromatic heterocycles. The highest BCUT2D eigenvalue weighted by atomic mass is 32.2. The lowest BCUT2D eigenvalue weighted by Gasteiger charge is -2.18. The molecule has 2 aromatic carbocycles. The van der Waals surface area contributed by atoms with Gasteiger partial charge in [0.15, 0.2) is 5.11 Å². The Balaban J connectivity index is 1.67. The molecular weight excluding hydrogens is 470 g/mol. The molecule has 0 spiro atoms. The van der Waals surface area contributed by atoms with E-state index >= 15 is 0 Å². The lowest BCUT2D eigenvalue weighted by molar-refractivity contribution is -0.384. The summed E-state index contributed by atoms with van der Waals surface area (Å²) < 4.78 is 25.8. The first-order valence-corrected chi connectivity index (χ1v) is 11.7. The Morgan fingerprint density at radius 2 is 1.73 bits per heavy atom. The maximum absolute atomic E-state index is 12.5. The number of anilines is 2. The zero-order valence-corrected chi connectivity index (χ0v) is 19.2. The van der Waals surface area contributed by atoms with Gasteiger partial charge in [0.1, 0.15) is 5.69 Å². The molecule has 1 aliphatic rings. The van der Waals surface area contributed by atoms with Crippen LogP contribution in [0.3, 0.4) is 0 Å². The van der Waals surface area contributed by atoms with Gasteiger partial charge in [-0.15, -0.1) is 0 Å². The summed E-state index contributed by atoms with van der Waals surface area (Å²) in [5, 5.41) is 16.6. The van der Waals surface area contributed by atoms with E-state index in [-0.39, 0.29) is 21.3 Å². The van der Waals surface area contributed by atoms with Crippen LogP contribution in [0.25, 0.3) is 0 Å². The number of nitrogens with one attached hydrogen (secondary N) is 3. The van der Waals surface area contributed by atoms with Gasteiger partial charge in [-0.25, -0.2) is 13.1 Å². The number of thiocarbonyl (C=S) groups is 1. The first-order valence-electron chi connectivity index (χ1n) is 9.86. The fraction of sp³-hybridized carbons (Fsp3) is 0.250. The van der Waals surface area contributed by atoms with Crippen LogP contribution in [0.1, 0.15) is 30.1 Å². The van der Waals surface area contributed by atoms with Crippen molar-refractivity contribution in [1.29, 1.82) is 0 Å². The summed E-state index contributed by atoms with van der Waals surface area (Å²) in [6, 6.07) is 9.61. The van der Waals surface area contributed by atoms with Crippen LogP contribution in [-0.2, 0) is 14.8 Å². The van der Waals surface area contributed by atoms with Crippen molar-refractivity contribution in [2.24, 2.45) is 0 Å². The molecule has 0 saturated carbocycles. The quantitative estimate of drug-likeness (QED) is 0.314. The molecule has 0 aliphatic carbocycles. The van der Waals surface area contributed by atoms with Gasteiger partial charge in [0.05, 0.1) is 9.82 Å². The van der Waals surface area contributed by atoms with Gasteiger partial charge in [-0.3, -0.25) is 25.0 Å². The van der Waals surface area contributed by atoms with E-state index in [2.05, 4.69) is 10.6 Å². The summed E-state index contributed by atoms with van der Waals surface area (Å²) in [6.45, 7) is 2.54. The number of carbonyl (C=O) groups is 2. The first-order chi connectivity index (χ1) is 15.6. The molecule has 1 heterocycles. The monoisotopic (exact) mass is 491 g/mol. The van der Waals surface area contributed by atoms with Gasteiger partial charge in [0.2, 0.25) is 5.91 Å². The van der Waals surface area contributed by atoms with Crippen LogP contribution in [0.15, 0.2) is 47.4 Å². The van der Waals surface area contributed by atoms with E-state index in [0.717, 1.165) is 32.9 Å². The third-order valence-electron chi connectivity index (χ3n) is 4.81. The lowest BCUT2D eigenvalue weighted by Crippen LogP contribution is -2.34. The average Bonchev–Trinajstić information content (AvgIpc) is 3.27. The van der Waals surface area contributed by atoms with Gasteiger partial charge in [0, 0.05) is 37.3 Å². The molecule has 174 valence electrons. The van der Waals surface area contributed by atoms with Crippen LogP contribution < -0.4 is 20.3 Å². The summed E-state index contributed by atoms with van der Waals surface area (Å²) in [5.74, 6) is -1.34. The Hall–Kier alpha value is -3.58. The maximum Gasteiger partial charge on any atom is 0.293 e. The van der Waals surface area contributed by atoms with Crippen LogP contribution >= 0.6 is 12.2 Å². The van der Waals surface area contributed by atoms with Crippen LogP contribution in [0, 0.1) is 10.1 Å². The van der Waals surface area contributed by atoms with Gasteiger partial charge in [-0.05, 0) is 61.5 Å². The average molecular weight is 492 g/mol. The second kappa shape index (κ2) is 9.92. The molecule has 1 fully saturated rings. The number of nitro groups is 1. The fourth-order valence-electron chi connectivity index (χ4n) is 3.34. The predicted molar refractivity (Wildman–Crippen MR) is 126 cm³/mol.